The van der Waals surface area contributed by atoms with Gasteiger partial charge in [0.25, 0.3) is 0 Å². The maximum absolute atomic E-state index is 10.4. The Kier molecular flexibility index (Phi) is 2.07. The Labute approximate surface area is 80.7 Å². The lowest BCUT2D eigenvalue weighted by Crippen LogP contribution is -1.93. The Morgan fingerprint density at radius 3 is 2.79 bits per heavy atom. The van der Waals surface area contributed by atoms with Crippen LogP contribution in [0.3, 0.4) is 0 Å². The number of carbonyl (C=O) groups is 1. The molecule has 4 nitrogen and oxygen atoms in total. The molecule has 0 fully saturated rings. The van der Waals surface area contributed by atoms with Gasteiger partial charge in [0.2, 0.25) is 6.79 Å². The first-order valence-electron chi connectivity index (χ1n) is 4.11. The zero-order valence-corrected chi connectivity index (χ0v) is 7.32. The molecule has 0 amide bonds. The number of ether oxygens (including phenoxy) is 2. The van der Waals surface area contributed by atoms with Gasteiger partial charge < -0.3 is 14.3 Å². The molecule has 0 spiro atoms. The fourth-order valence-corrected chi connectivity index (χ4v) is 1.35. The van der Waals surface area contributed by atoms with Crippen molar-refractivity contribution in [3.05, 3.63) is 23.3 Å². The van der Waals surface area contributed by atoms with Crippen LogP contribution in [-0.2, 0) is 11.2 Å². The minimum atomic E-state index is 0.171. The lowest BCUT2D eigenvalue weighted by molar-refractivity contribution is -0.107. The molecule has 0 unspecified atom stereocenters. The fourth-order valence-electron chi connectivity index (χ4n) is 1.35. The lowest BCUT2D eigenvalue weighted by atomic mass is 10.1. The van der Waals surface area contributed by atoms with Gasteiger partial charge in [-0.25, -0.2) is 0 Å². The monoisotopic (exact) mass is 189 g/mol. The van der Waals surface area contributed by atoms with Crippen molar-refractivity contribution >= 4 is 6.29 Å². The summed E-state index contributed by atoms with van der Waals surface area (Å²) in [4.78, 5) is 10.4. The van der Waals surface area contributed by atoms with Crippen molar-refractivity contribution in [2.24, 2.45) is 0 Å². The second kappa shape index (κ2) is 3.38. The molecule has 0 N–H and O–H groups in total. The molecule has 2 rings (SSSR count). The molecule has 0 bridgehead atoms. The van der Waals surface area contributed by atoms with Gasteiger partial charge >= 0.3 is 0 Å². The van der Waals surface area contributed by atoms with E-state index in [1.54, 1.807) is 12.1 Å². The number of benzene rings is 1. The summed E-state index contributed by atoms with van der Waals surface area (Å²) in [5.41, 5.74) is 1.13. The van der Waals surface area contributed by atoms with E-state index in [0.29, 0.717) is 22.6 Å². The molecule has 14 heavy (non-hydrogen) atoms. The van der Waals surface area contributed by atoms with Crippen LogP contribution in [0, 0.1) is 11.3 Å². The maximum atomic E-state index is 10.4. The van der Waals surface area contributed by atoms with Gasteiger partial charge in [-0.2, -0.15) is 5.26 Å². The molecule has 1 heterocycles. The Balaban J connectivity index is 2.49. The van der Waals surface area contributed by atoms with Gasteiger partial charge in [-0.1, -0.05) is 0 Å². The number of carbonyl (C=O) groups excluding carboxylic acids is 1. The Morgan fingerprint density at radius 1 is 1.43 bits per heavy atom. The van der Waals surface area contributed by atoms with E-state index in [2.05, 4.69) is 0 Å². The molecule has 4 heteroatoms. The predicted octanol–water partition coefficient (Wildman–Crippen LogP) is 1.03. The standard InChI is InChI=1S/C10H7NO3/c11-5-8-4-10-9(13-6-14-10)3-7(8)1-2-12/h2-4H,1,6H2. The number of nitrogens with zero attached hydrogens (tertiary/aromatic N) is 1. The zero-order chi connectivity index (χ0) is 9.97. The van der Waals surface area contributed by atoms with Gasteiger partial charge in [-0.05, 0) is 11.6 Å². The van der Waals surface area contributed by atoms with Crippen molar-refractivity contribution in [2.75, 3.05) is 6.79 Å². The third-order valence-corrected chi connectivity index (χ3v) is 2.02. The molecule has 0 aromatic heterocycles. The molecule has 0 radical (unpaired) electrons. The van der Waals surface area contributed by atoms with Crippen molar-refractivity contribution in [1.82, 2.24) is 0 Å². The molecule has 0 saturated carbocycles. The first-order valence-corrected chi connectivity index (χ1v) is 4.11. The second-order valence-corrected chi connectivity index (χ2v) is 2.85. The summed E-state index contributed by atoms with van der Waals surface area (Å²) in [7, 11) is 0. The molecule has 1 aliphatic heterocycles. The highest BCUT2D eigenvalue weighted by molar-refractivity contribution is 5.61. The molecule has 0 aliphatic carbocycles. The molecule has 1 aliphatic rings. The number of hydrogen-bond acceptors (Lipinski definition) is 4. The highest BCUT2D eigenvalue weighted by atomic mass is 16.7. The van der Waals surface area contributed by atoms with Gasteiger partial charge in [0.05, 0.1) is 11.6 Å². The summed E-state index contributed by atoms with van der Waals surface area (Å²) in [6.07, 6.45) is 0.984. The Hall–Kier alpha value is -2.02. The predicted molar refractivity (Wildman–Crippen MR) is 47.0 cm³/mol. The van der Waals surface area contributed by atoms with E-state index in [0.717, 1.165) is 6.29 Å². The molecule has 0 saturated heterocycles. The van der Waals surface area contributed by atoms with E-state index in [1.165, 1.54) is 0 Å². The molecule has 70 valence electrons. The smallest absolute Gasteiger partial charge is 0.231 e. The zero-order valence-electron chi connectivity index (χ0n) is 7.32. The average molecular weight is 189 g/mol. The van der Waals surface area contributed by atoms with E-state index < -0.39 is 0 Å². The minimum Gasteiger partial charge on any atom is -0.454 e. The van der Waals surface area contributed by atoms with E-state index in [-0.39, 0.29) is 13.2 Å². The van der Waals surface area contributed by atoms with Crippen molar-refractivity contribution in [1.29, 1.82) is 5.26 Å². The summed E-state index contributed by atoms with van der Waals surface area (Å²) in [5, 5.41) is 8.81. The molecule has 1 aromatic carbocycles. The quantitative estimate of drug-likeness (QED) is 0.652. The van der Waals surface area contributed by atoms with Crippen LogP contribution in [0.1, 0.15) is 11.1 Å². The first-order chi connectivity index (χ1) is 6.85. The number of hydrogen-bond donors (Lipinski definition) is 0. The van der Waals surface area contributed by atoms with Crippen LogP contribution in [-0.4, -0.2) is 13.1 Å². The SMILES string of the molecule is N#Cc1cc2c(cc1CC=O)OCO2. The van der Waals surface area contributed by atoms with E-state index in [9.17, 15) is 4.79 Å². The number of nitriles is 1. The molecule has 1 aromatic rings. The van der Waals surface area contributed by atoms with Crippen molar-refractivity contribution in [3.63, 3.8) is 0 Å². The van der Waals surface area contributed by atoms with Gasteiger partial charge in [0, 0.05) is 12.5 Å². The van der Waals surface area contributed by atoms with Crippen LogP contribution in [0.25, 0.3) is 0 Å². The van der Waals surface area contributed by atoms with Crippen LogP contribution in [0.5, 0.6) is 11.5 Å². The van der Waals surface area contributed by atoms with Crippen LogP contribution >= 0.6 is 0 Å². The van der Waals surface area contributed by atoms with Gasteiger partial charge in [-0.3, -0.25) is 0 Å². The number of aldehydes is 1. The van der Waals surface area contributed by atoms with E-state index in [4.69, 9.17) is 14.7 Å². The summed E-state index contributed by atoms with van der Waals surface area (Å²) in [6, 6.07) is 5.29. The van der Waals surface area contributed by atoms with E-state index in [1.807, 2.05) is 6.07 Å². The Bertz CT molecular complexity index is 420. The normalized spacial score (nSPS) is 12.2. The topological polar surface area (TPSA) is 59.3 Å². The molecular weight excluding hydrogens is 182 g/mol. The fraction of sp³-hybridized carbons (Fsp3) is 0.200. The summed E-state index contributed by atoms with van der Waals surface area (Å²) < 4.78 is 10.2. The van der Waals surface area contributed by atoms with Gasteiger partial charge in [0.15, 0.2) is 11.5 Å². The molecular formula is C10H7NO3. The van der Waals surface area contributed by atoms with Gasteiger partial charge in [-0.15, -0.1) is 0 Å². The highest BCUT2D eigenvalue weighted by Crippen LogP contribution is 2.34. The number of rotatable bonds is 2. The van der Waals surface area contributed by atoms with Crippen molar-refractivity contribution in [2.45, 2.75) is 6.42 Å². The van der Waals surface area contributed by atoms with Crippen LogP contribution in [0.2, 0.25) is 0 Å². The number of fused-ring (bicyclic) bond motifs is 1. The van der Waals surface area contributed by atoms with Crippen LogP contribution in [0.4, 0.5) is 0 Å². The lowest BCUT2D eigenvalue weighted by Gasteiger charge is -2.01. The van der Waals surface area contributed by atoms with Crippen molar-refractivity contribution < 1.29 is 14.3 Å². The summed E-state index contributed by atoms with van der Waals surface area (Å²) in [6.45, 7) is 0.171. The summed E-state index contributed by atoms with van der Waals surface area (Å²) in [5.74, 6) is 1.16. The third kappa shape index (κ3) is 1.29. The van der Waals surface area contributed by atoms with Crippen LogP contribution < -0.4 is 9.47 Å². The second-order valence-electron chi connectivity index (χ2n) is 2.85. The van der Waals surface area contributed by atoms with Crippen molar-refractivity contribution in [3.8, 4) is 17.6 Å². The average Bonchev–Trinajstić information content (AvgIpc) is 2.64. The highest BCUT2D eigenvalue weighted by Gasteiger charge is 2.16. The third-order valence-electron chi connectivity index (χ3n) is 2.02. The van der Waals surface area contributed by atoms with E-state index >= 15 is 0 Å². The Morgan fingerprint density at radius 2 is 2.14 bits per heavy atom. The molecule has 0 atom stereocenters. The summed E-state index contributed by atoms with van der Waals surface area (Å²) >= 11 is 0. The largest absolute Gasteiger partial charge is 0.454 e. The first kappa shape index (κ1) is 8.57. The van der Waals surface area contributed by atoms with Crippen LogP contribution in [0.15, 0.2) is 12.1 Å². The minimum absolute atomic E-state index is 0.171. The van der Waals surface area contributed by atoms with Gasteiger partial charge in [0.1, 0.15) is 6.29 Å². The maximum Gasteiger partial charge on any atom is 0.231 e.